The van der Waals surface area contributed by atoms with E-state index in [1.54, 1.807) is 35.6 Å². The van der Waals surface area contributed by atoms with Gasteiger partial charge in [-0.3, -0.25) is 14.9 Å². The van der Waals surface area contributed by atoms with E-state index in [1.165, 1.54) is 24.0 Å². The van der Waals surface area contributed by atoms with Gasteiger partial charge in [0.15, 0.2) is 5.11 Å². The normalized spacial score (nSPS) is 16.3. The average Bonchev–Trinajstić information content (AvgIpc) is 3.41. The molecule has 0 atom stereocenters. The highest BCUT2D eigenvalue weighted by atomic mass is 32.1. The predicted octanol–water partition coefficient (Wildman–Crippen LogP) is 4.75. The SMILES string of the molecule is COc1ccc(N2C(=O)/C(=C/c3cc(C)n(-c4sc5c(c4C#N)CCCC5)c3C)C(=O)NC2=S)c(OC)c1. The van der Waals surface area contributed by atoms with Gasteiger partial charge in [-0.05, 0) is 87.2 Å². The van der Waals surface area contributed by atoms with Crippen molar-refractivity contribution in [3.05, 3.63) is 62.8 Å². The number of thiocarbonyl (C=S) groups is 1. The number of fused-ring (bicyclic) bond motifs is 1. The second-order valence-corrected chi connectivity index (χ2v) is 10.6. The van der Waals surface area contributed by atoms with Gasteiger partial charge < -0.3 is 14.0 Å². The van der Waals surface area contributed by atoms with E-state index in [0.29, 0.717) is 22.7 Å². The van der Waals surface area contributed by atoms with Crippen LogP contribution in [-0.2, 0) is 22.4 Å². The molecule has 1 aliphatic heterocycles. The molecule has 0 saturated carbocycles. The van der Waals surface area contributed by atoms with Gasteiger partial charge in [-0.25, -0.2) is 4.90 Å². The van der Waals surface area contributed by atoms with Gasteiger partial charge in [-0.1, -0.05) is 0 Å². The molecule has 38 heavy (non-hydrogen) atoms. The van der Waals surface area contributed by atoms with Crippen molar-refractivity contribution in [3.8, 4) is 22.6 Å². The Morgan fingerprint density at radius 1 is 1.13 bits per heavy atom. The molecule has 1 saturated heterocycles. The number of benzene rings is 1. The van der Waals surface area contributed by atoms with E-state index >= 15 is 0 Å². The van der Waals surface area contributed by atoms with E-state index < -0.39 is 11.8 Å². The highest BCUT2D eigenvalue weighted by Gasteiger charge is 2.36. The summed E-state index contributed by atoms with van der Waals surface area (Å²) in [6, 6.07) is 9.34. The Morgan fingerprint density at radius 3 is 2.61 bits per heavy atom. The molecule has 0 bridgehead atoms. The molecule has 1 N–H and O–H groups in total. The number of anilines is 1. The van der Waals surface area contributed by atoms with Crippen molar-refractivity contribution >= 4 is 52.2 Å². The molecule has 10 heteroatoms. The molecule has 8 nitrogen and oxygen atoms in total. The van der Waals surface area contributed by atoms with Crippen LogP contribution in [0.25, 0.3) is 11.1 Å². The summed E-state index contributed by atoms with van der Waals surface area (Å²) in [4.78, 5) is 29.1. The summed E-state index contributed by atoms with van der Waals surface area (Å²) >= 11 is 7.02. The Hall–Kier alpha value is -3.94. The Kier molecular flexibility index (Phi) is 6.82. The van der Waals surface area contributed by atoms with Crippen molar-refractivity contribution in [2.45, 2.75) is 39.5 Å². The first-order valence-corrected chi connectivity index (χ1v) is 13.4. The van der Waals surface area contributed by atoms with Gasteiger partial charge in [0.2, 0.25) is 0 Å². The van der Waals surface area contributed by atoms with Gasteiger partial charge in [0, 0.05) is 22.3 Å². The number of aryl methyl sites for hydroxylation is 2. The molecule has 0 radical (unpaired) electrons. The number of aromatic nitrogens is 1. The van der Waals surface area contributed by atoms with Crippen LogP contribution in [0.1, 0.15) is 45.8 Å². The van der Waals surface area contributed by atoms with E-state index in [1.807, 2.05) is 24.5 Å². The van der Waals surface area contributed by atoms with Crippen LogP contribution in [0, 0.1) is 25.2 Å². The number of rotatable bonds is 5. The topological polar surface area (TPSA) is 96.6 Å². The molecule has 0 spiro atoms. The Balaban J connectivity index is 1.57. The third-order valence-corrected chi connectivity index (χ3v) is 8.53. The van der Waals surface area contributed by atoms with Gasteiger partial charge in [0.25, 0.3) is 11.8 Å². The fraction of sp³-hybridized carbons (Fsp3) is 0.286. The highest BCUT2D eigenvalue weighted by Crippen LogP contribution is 2.39. The minimum absolute atomic E-state index is 0.0334. The molecule has 0 unspecified atom stereocenters. The molecule has 1 fully saturated rings. The van der Waals surface area contributed by atoms with Crippen LogP contribution in [-0.4, -0.2) is 35.7 Å². The summed E-state index contributed by atoms with van der Waals surface area (Å²) in [5.41, 5.74) is 4.69. The van der Waals surface area contributed by atoms with E-state index in [4.69, 9.17) is 21.7 Å². The molecule has 2 aromatic heterocycles. The minimum atomic E-state index is -0.571. The smallest absolute Gasteiger partial charge is 0.270 e. The summed E-state index contributed by atoms with van der Waals surface area (Å²) in [6.07, 6.45) is 5.72. The number of hydrogen-bond acceptors (Lipinski definition) is 7. The molecular weight excluding hydrogens is 520 g/mol. The maximum atomic E-state index is 13.7. The molecule has 2 aliphatic rings. The largest absolute Gasteiger partial charge is 0.497 e. The molecule has 2 amide bonds. The van der Waals surface area contributed by atoms with Gasteiger partial charge in [0.1, 0.15) is 28.1 Å². The van der Waals surface area contributed by atoms with E-state index in [9.17, 15) is 14.9 Å². The minimum Gasteiger partial charge on any atom is -0.497 e. The summed E-state index contributed by atoms with van der Waals surface area (Å²) in [6.45, 7) is 3.89. The lowest BCUT2D eigenvalue weighted by Gasteiger charge is -2.30. The van der Waals surface area contributed by atoms with Gasteiger partial charge in [-0.15, -0.1) is 11.3 Å². The number of nitrogens with one attached hydrogen (secondary N) is 1. The summed E-state index contributed by atoms with van der Waals surface area (Å²) in [7, 11) is 3.02. The van der Waals surface area contributed by atoms with Crippen LogP contribution in [0.4, 0.5) is 5.69 Å². The monoisotopic (exact) mass is 546 g/mol. The van der Waals surface area contributed by atoms with Crippen LogP contribution in [0.3, 0.4) is 0 Å². The van der Waals surface area contributed by atoms with Crippen molar-refractivity contribution in [2.75, 3.05) is 19.1 Å². The first-order chi connectivity index (χ1) is 18.3. The van der Waals surface area contributed by atoms with Crippen molar-refractivity contribution in [3.63, 3.8) is 0 Å². The molecule has 1 aliphatic carbocycles. The first-order valence-electron chi connectivity index (χ1n) is 12.2. The van der Waals surface area contributed by atoms with E-state index in [2.05, 4.69) is 11.4 Å². The van der Waals surface area contributed by atoms with E-state index in [-0.39, 0.29) is 10.7 Å². The zero-order valence-electron chi connectivity index (χ0n) is 21.5. The average molecular weight is 547 g/mol. The maximum absolute atomic E-state index is 13.7. The number of carbonyl (C=O) groups is 2. The van der Waals surface area contributed by atoms with Crippen molar-refractivity contribution in [2.24, 2.45) is 0 Å². The van der Waals surface area contributed by atoms with Crippen molar-refractivity contribution in [1.29, 1.82) is 5.26 Å². The third kappa shape index (κ3) is 4.18. The zero-order chi connectivity index (χ0) is 27.1. The quantitative estimate of drug-likeness (QED) is 0.282. The van der Waals surface area contributed by atoms with Crippen LogP contribution in [0.2, 0.25) is 0 Å². The summed E-state index contributed by atoms with van der Waals surface area (Å²) in [5, 5.41) is 13.5. The zero-order valence-corrected chi connectivity index (χ0v) is 23.1. The van der Waals surface area contributed by atoms with Crippen LogP contribution in [0.15, 0.2) is 29.8 Å². The number of nitrogens with zero attached hydrogens (tertiary/aromatic N) is 3. The summed E-state index contributed by atoms with van der Waals surface area (Å²) in [5.74, 6) is -0.200. The number of carbonyl (C=O) groups excluding carboxylic acids is 2. The lowest BCUT2D eigenvalue weighted by Crippen LogP contribution is -2.54. The van der Waals surface area contributed by atoms with Crippen molar-refractivity contribution in [1.82, 2.24) is 9.88 Å². The fourth-order valence-corrected chi connectivity index (χ4v) is 6.80. The highest BCUT2D eigenvalue weighted by molar-refractivity contribution is 7.80. The maximum Gasteiger partial charge on any atom is 0.270 e. The molecule has 194 valence electrons. The predicted molar refractivity (Wildman–Crippen MR) is 150 cm³/mol. The fourth-order valence-electron chi connectivity index (χ4n) is 5.07. The van der Waals surface area contributed by atoms with Crippen LogP contribution in [0.5, 0.6) is 11.5 Å². The number of hydrogen-bond donors (Lipinski definition) is 1. The lowest BCUT2D eigenvalue weighted by molar-refractivity contribution is -0.122. The van der Waals surface area contributed by atoms with Crippen LogP contribution < -0.4 is 19.7 Å². The number of thiophene rings is 1. The lowest BCUT2D eigenvalue weighted by atomic mass is 9.96. The number of amides is 2. The Morgan fingerprint density at radius 2 is 1.89 bits per heavy atom. The first kappa shape index (κ1) is 25.7. The molecule has 5 rings (SSSR count). The number of ether oxygens (including phenoxy) is 2. The molecule has 1 aromatic carbocycles. The van der Waals surface area contributed by atoms with Gasteiger partial charge in [-0.2, -0.15) is 5.26 Å². The summed E-state index contributed by atoms with van der Waals surface area (Å²) < 4.78 is 12.8. The third-order valence-electron chi connectivity index (χ3n) is 6.97. The van der Waals surface area contributed by atoms with Crippen LogP contribution >= 0.6 is 23.6 Å². The second kappa shape index (κ2) is 10.1. The van der Waals surface area contributed by atoms with Gasteiger partial charge >= 0.3 is 0 Å². The molecule has 3 heterocycles. The van der Waals surface area contributed by atoms with Gasteiger partial charge in [0.05, 0.1) is 25.5 Å². The molecular formula is C28H26N4O4S2. The number of methoxy groups -OCH3 is 2. The molecule has 3 aromatic rings. The Labute approximate surface area is 230 Å². The standard InChI is InChI=1S/C28H26N4O4S2/c1-15-11-17(16(2)31(15)27-21(14-29)19-7-5-6-8-24(19)38-27)12-20-25(33)30-28(37)32(26(20)34)22-10-9-18(35-3)13-23(22)36-4/h9-13H,5-8H2,1-4H3,(H,30,33,37)/b20-12+. The number of nitriles is 1. The van der Waals surface area contributed by atoms with Crippen molar-refractivity contribution < 1.29 is 19.1 Å². The van der Waals surface area contributed by atoms with E-state index in [0.717, 1.165) is 53.2 Å². The second-order valence-electron chi connectivity index (χ2n) is 9.16. The Bertz CT molecular complexity index is 1570.